The highest BCUT2D eigenvalue weighted by Crippen LogP contribution is 2.23. The van der Waals surface area contributed by atoms with E-state index in [2.05, 4.69) is 10.2 Å². The first-order valence-corrected chi connectivity index (χ1v) is 2.67. The lowest BCUT2D eigenvalue weighted by atomic mass is 10.4. The van der Waals surface area contributed by atoms with Crippen molar-refractivity contribution in [1.29, 1.82) is 0 Å². The maximum absolute atomic E-state index is 10.2. The van der Waals surface area contributed by atoms with Gasteiger partial charge in [-0.1, -0.05) is 0 Å². The van der Waals surface area contributed by atoms with Crippen LogP contribution < -0.4 is 0 Å². The number of nitroso groups, excluding NO2 is 1. The highest BCUT2D eigenvalue weighted by molar-refractivity contribution is 5.54. The molecule has 0 aromatic carbocycles. The molecule has 1 aromatic rings. The van der Waals surface area contributed by atoms with Crippen LogP contribution in [0.25, 0.3) is 0 Å². The first-order chi connectivity index (χ1) is 5.25. The zero-order valence-electron chi connectivity index (χ0n) is 5.30. The van der Waals surface area contributed by atoms with Crippen molar-refractivity contribution in [1.82, 2.24) is 4.98 Å². The van der Waals surface area contributed by atoms with E-state index in [9.17, 15) is 15.0 Å². The molecule has 0 atom stereocenters. The first-order valence-electron chi connectivity index (χ1n) is 2.67. The van der Waals surface area contributed by atoms with Gasteiger partial charge in [-0.2, -0.15) is 0 Å². The van der Waals surface area contributed by atoms with Crippen LogP contribution in [0, 0.1) is 15.0 Å². The Balaban J connectivity index is 3.22. The molecule has 1 rings (SSSR count). The minimum absolute atomic E-state index is 0.252. The van der Waals surface area contributed by atoms with Crippen LogP contribution in [-0.4, -0.2) is 9.91 Å². The lowest BCUT2D eigenvalue weighted by Crippen LogP contribution is -1.87. The molecule has 0 amide bonds. The molecule has 0 spiro atoms. The number of nitro groups is 1. The van der Waals surface area contributed by atoms with Crippen molar-refractivity contribution in [3.05, 3.63) is 33.5 Å². The second-order valence-corrected chi connectivity index (χ2v) is 1.71. The van der Waals surface area contributed by atoms with Gasteiger partial charge in [-0.05, 0) is 5.18 Å². The fraction of sp³-hybridized carbons (Fsp3) is 0. The SMILES string of the molecule is O=Nc1cnccc1[N+](=O)[O-]. The highest BCUT2D eigenvalue weighted by Gasteiger charge is 2.12. The average molecular weight is 153 g/mol. The van der Waals surface area contributed by atoms with E-state index in [1.54, 1.807) is 0 Å². The van der Waals surface area contributed by atoms with Gasteiger partial charge in [0.05, 0.1) is 11.1 Å². The van der Waals surface area contributed by atoms with Crippen molar-refractivity contribution in [2.24, 2.45) is 5.18 Å². The first kappa shape index (κ1) is 7.26. The van der Waals surface area contributed by atoms with E-state index in [4.69, 9.17) is 0 Å². The van der Waals surface area contributed by atoms with Gasteiger partial charge >= 0.3 is 5.69 Å². The summed E-state index contributed by atoms with van der Waals surface area (Å²) in [4.78, 5) is 22.9. The molecule has 6 heteroatoms. The number of pyridine rings is 1. The smallest absolute Gasteiger partial charge is 0.262 e. The van der Waals surface area contributed by atoms with Crippen LogP contribution in [0.3, 0.4) is 0 Å². The summed E-state index contributed by atoms with van der Waals surface area (Å²) in [7, 11) is 0. The zero-order valence-corrected chi connectivity index (χ0v) is 5.30. The zero-order chi connectivity index (χ0) is 8.27. The Morgan fingerprint density at radius 1 is 1.64 bits per heavy atom. The molecule has 11 heavy (non-hydrogen) atoms. The highest BCUT2D eigenvalue weighted by atomic mass is 16.6. The fourth-order valence-corrected chi connectivity index (χ4v) is 0.604. The van der Waals surface area contributed by atoms with Crippen molar-refractivity contribution >= 4 is 11.4 Å². The van der Waals surface area contributed by atoms with Crippen LogP contribution in [0.2, 0.25) is 0 Å². The molecule has 0 fully saturated rings. The summed E-state index contributed by atoms with van der Waals surface area (Å²) in [6, 6.07) is 1.12. The Morgan fingerprint density at radius 2 is 2.36 bits per heavy atom. The number of rotatable bonds is 2. The Labute approximate surface area is 61.0 Å². The van der Waals surface area contributed by atoms with Gasteiger partial charge in [-0.25, -0.2) is 0 Å². The van der Waals surface area contributed by atoms with Gasteiger partial charge in [0.2, 0.25) is 5.69 Å². The van der Waals surface area contributed by atoms with Crippen molar-refractivity contribution in [2.75, 3.05) is 0 Å². The summed E-state index contributed by atoms with van der Waals surface area (Å²) in [6.07, 6.45) is 2.28. The summed E-state index contributed by atoms with van der Waals surface area (Å²) in [5.74, 6) is 0. The summed E-state index contributed by atoms with van der Waals surface area (Å²) in [5, 5.41) is 12.6. The molecular formula is C5H3N3O3. The van der Waals surface area contributed by atoms with Gasteiger partial charge in [-0.3, -0.25) is 15.1 Å². The minimum Gasteiger partial charge on any atom is -0.262 e. The Kier molecular flexibility index (Phi) is 1.86. The maximum atomic E-state index is 10.2. The van der Waals surface area contributed by atoms with Gasteiger partial charge in [0.1, 0.15) is 0 Å². The van der Waals surface area contributed by atoms with Crippen LogP contribution in [0.5, 0.6) is 0 Å². The van der Waals surface area contributed by atoms with Crippen molar-refractivity contribution < 1.29 is 4.92 Å². The molecule has 0 radical (unpaired) electrons. The normalized spacial score (nSPS) is 9.09. The molecule has 1 aromatic heterocycles. The lowest BCUT2D eigenvalue weighted by molar-refractivity contribution is -0.384. The van der Waals surface area contributed by atoms with Crippen LogP contribution in [-0.2, 0) is 0 Å². The average Bonchev–Trinajstić information content (AvgIpc) is 2.04. The largest absolute Gasteiger partial charge is 0.301 e. The maximum Gasteiger partial charge on any atom is 0.301 e. The van der Waals surface area contributed by atoms with Gasteiger partial charge in [0.15, 0.2) is 0 Å². The van der Waals surface area contributed by atoms with E-state index < -0.39 is 4.92 Å². The molecule has 0 bridgehead atoms. The summed E-state index contributed by atoms with van der Waals surface area (Å²) >= 11 is 0. The van der Waals surface area contributed by atoms with Gasteiger partial charge in [-0.15, -0.1) is 4.91 Å². The third-order valence-corrected chi connectivity index (χ3v) is 1.07. The molecule has 0 aliphatic rings. The number of hydrogen-bond acceptors (Lipinski definition) is 5. The third-order valence-electron chi connectivity index (χ3n) is 1.07. The Hall–Kier alpha value is -1.85. The summed E-state index contributed by atoms with van der Waals surface area (Å²) in [6.45, 7) is 0. The molecule has 0 saturated carbocycles. The second kappa shape index (κ2) is 2.82. The van der Waals surface area contributed by atoms with E-state index in [0.29, 0.717) is 0 Å². The van der Waals surface area contributed by atoms with E-state index >= 15 is 0 Å². The van der Waals surface area contributed by atoms with Crippen molar-refractivity contribution in [3.8, 4) is 0 Å². The number of hydrogen-bond donors (Lipinski definition) is 0. The predicted molar refractivity (Wildman–Crippen MR) is 36.3 cm³/mol. The molecule has 0 aliphatic carbocycles. The van der Waals surface area contributed by atoms with Crippen molar-refractivity contribution in [3.63, 3.8) is 0 Å². The second-order valence-electron chi connectivity index (χ2n) is 1.71. The molecule has 56 valence electrons. The van der Waals surface area contributed by atoms with Crippen molar-refractivity contribution in [2.45, 2.75) is 0 Å². The van der Waals surface area contributed by atoms with Crippen LogP contribution in [0.15, 0.2) is 23.6 Å². The van der Waals surface area contributed by atoms with Gasteiger partial charge < -0.3 is 0 Å². The number of nitrogens with zero attached hydrogens (tertiary/aromatic N) is 3. The van der Waals surface area contributed by atoms with E-state index in [0.717, 1.165) is 12.3 Å². The van der Waals surface area contributed by atoms with Crippen LogP contribution in [0.1, 0.15) is 0 Å². The molecule has 6 nitrogen and oxygen atoms in total. The lowest BCUT2D eigenvalue weighted by Gasteiger charge is -1.90. The molecule has 1 heterocycles. The fourth-order valence-electron chi connectivity index (χ4n) is 0.604. The van der Waals surface area contributed by atoms with E-state index in [1.807, 2.05) is 0 Å². The van der Waals surface area contributed by atoms with E-state index in [1.165, 1.54) is 6.20 Å². The Morgan fingerprint density at radius 3 is 2.82 bits per heavy atom. The molecule has 0 aliphatic heterocycles. The van der Waals surface area contributed by atoms with Crippen LogP contribution >= 0.6 is 0 Å². The third kappa shape index (κ3) is 1.34. The summed E-state index contributed by atoms with van der Waals surface area (Å²) in [5.41, 5.74) is -0.576. The monoisotopic (exact) mass is 153 g/mol. The quantitative estimate of drug-likeness (QED) is 0.365. The topological polar surface area (TPSA) is 85.5 Å². The Bertz CT molecular complexity index is 299. The molecule has 0 N–H and O–H groups in total. The van der Waals surface area contributed by atoms with Gasteiger partial charge in [0.25, 0.3) is 0 Å². The van der Waals surface area contributed by atoms with Crippen LogP contribution in [0.4, 0.5) is 11.4 Å². The standard InChI is InChI=1S/C5H3N3O3/c9-7-4-3-6-2-1-5(4)8(10)11/h1-3H. The molecule has 0 unspecified atom stereocenters. The minimum atomic E-state index is -0.682. The predicted octanol–water partition coefficient (Wildman–Crippen LogP) is 1.39. The number of aromatic nitrogens is 1. The molecule has 0 saturated heterocycles. The van der Waals surface area contributed by atoms with Gasteiger partial charge in [0, 0.05) is 12.3 Å². The van der Waals surface area contributed by atoms with E-state index in [-0.39, 0.29) is 11.4 Å². The summed E-state index contributed by atoms with van der Waals surface area (Å²) < 4.78 is 0. The molecular weight excluding hydrogens is 150 g/mol.